The zero-order valence-electron chi connectivity index (χ0n) is 13.5. The maximum Gasteiger partial charge on any atom is 0.319 e. The van der Waals surface area contributed by atoms with Crippen molar-refractivity contribution in [3.05, 3.63) is 59.7 Å². The van der Waals surface area contributed by atoms with E-state index in [1.54, 1.807) is 30.3 Å². The quantitative estimate of drug-likeness (QED) is 0.655. The molecule has 0 saturated heterocycles. The molecule has 2 aromatic carbocycles. The summed E-state index contributed by atoms with van der Waals surface area (Å²) in [6, 6.07) is 13.1. The first-order valence-corrected chi connectivity index (χ1v) is 7.69. The smallest absolute Gasteiger partial charge is 0.319 e. The predicted octanol–water partition coefficient (Wildman–Crippen LogP) is 2.63. The number of hydrogen-bond acceptors (Lipinski definition) is 3. The summed E-state index contributed by atoms with van der Waals surface area (Å²) in [7, 11) is 0. The van der Waals surface area contributed by atoms with Crippen molar-refractivity contribution in [3.63, 3.8) is 0 Å². The molecule has 126 valence electrons. The normalized spacial score (nSPS) is 11.5. The third-order valence-corrected chi connectivity index (χ3v) is 3.58. The second kappa shape index (κ2) is 8.01. The molecule has 24 heavy (non-hydrogen) atoms. The van der Waals surface area contributed by atoms with Crippen LogP contribution in [0.15, 0.2) is 48.5 Å². The van der Waals surface area contributed by atoms with E-state index in [0.29, 0.717) is 11.3 Å². The predicted molar refractivity (Wildman–Crippen MR) is 93.0 cm³/mol. The Labute approximate surface area is 140 Å². The molecule has 0 fully saturated rings. The number of amides is 3. The molecule has 0 heterocycles. The average molecular weight is 327 g/mol. The van der Waals surface area contributed by atoms with Gasteiger partial charge in [-0.2, -0.15) is 0 Å². The summed E-state index contributed by atoms with van der Waals surface area (Å²) in [4.78, 5) is 23.1. The van der Waals surface area contributed by atoms with Gasteiger partial charge < -0.3 is 21.5 Å². The van der Waals surface area contributed by atoms with Crippen molar-refractivity contribution in [1.82, 2.24) is 5.32 Å². The second-order valence-corrected chi connectivity index (χ2v) is 5.65. The molecule has 3 amide bonds. The lowest BCUT2D eigenvalue weighted by atomic mass is 10.1. The third kappa shape index (κ3) is 5.31. The standard InChI is InChI=1S/C18H21N3O3/c1-12(5-6-13-7-9-16(22)10-8-13)20-18(24)21-15-4-2-3-14(11-15)17(19)23/h2-4,7-12,22H,5-6H2,1H3,(H2,19,23)(H2,20,21,24). The van der Waals surface area contributed by atoms with Gasteiger partial charge in [0.1, 0.15) is 5.75 Å². The number of carbonyl (C=O) groups excluding carboxylic acids is 2. The van der Waals surface area contributed by atoms with E-state index >= 15 is 0 Å². The lowest BCUT2D eigenvalue weighted by Gasteiger charge is -2.15. The molecule has 0 radical (unpaired) electrons. The number of carbonyl (C=O) groups is 2. The van der Waals surface area contributed by atoms with Gasteiger partial charge in [-0.1, -0.05) is 18.2 Å². The Morgan fingerprint density at radius 3 is 2.54 bits per heavy atom. The van der Waals surface area contributed by atoms with Crippen molar-refractivity contribution >= 4 is 17.6 Å². The Balaban J connectivity index is 1.82. The first kappa shape index (κ1) is 17.3. The topological polar surface area (TPSA) is 104 Å². The number of phenolic OH excluding ortho intramolecular Hbond substituents is 1. The van der Waals surface area contributed by atoms with Crippen molar-refractivity contribution in [2.75, 3.05) is 5.32 Å². The SMILES string of the molecule is CC(CCc1ccc(O)cc1)NC(=O)Nc1cccc(C(N)=O)c1. The highest BCUT2D eigenvalue weighted by Crippen LogP contribution is 2.12. The van der Waals surface area contributed by atoms with Gasteiger partial charge in [0.05, 0.1) is 0 Å². The molecule has 6 nitrogen and oxygen atoms in total. The monoisotopic (exact) mass is 327 g/mol. The van der Waals surface area contributed by atoms with Gasteiger partial charge in [-0.05, 0) is 55.7 Å². The minimum Gasteiger partial charge on any atom is -0.508 e. The largest absolute Gasteiger partial charge is 0.508 e. The van der Waals surface area contributed by atoms with Crippen molar-refractivity contribution in [2.24, 2.45) is 5.73 Å². The lowest BCUT2D eigenvalue weighted by Crippen LogP contribution is -2.36. The molecule has 1 atom stereocenters. The maximum atomic E-state index is 12.0. The summed E-state index contributed by atoms with van der Waals surface area (Å²) in [5.74, 6) is -0.302. The van der Waals surface area contributed by atoms with Crippen LogP contribution in [0.3, 0.4) is 0 Å². The van der Waals surface area contributed by atoms with Crippen LogP contribution in [0.1, 0.15) is 29.3 Å². The molecule has 2 rings (SSSR count). The third-order valence-electron chi connectivity index (χ3n) is 3.58. The first-order chi connectivity index (χ1) is 11.4. The number of benzene rings is 2. The molecule has 0 spiro atoms. The fourth-order valence-corrected chi connectivity index (χ4v) is 2.26. The molecule has 2 aromatic rings. The number of nitrogens with one attached hydrogen (secondary N) is 2. The highest BCUT2D eigenvalue weighted by atomic mass is 16.3. The zero-order valence-corrected chi connectivity index (χ0v) is 13.5. The number of urea groups is 1. The van der Waals surface area contributed by atoms with Gasteiger partial charge >= 0.3 is 6.03 Å². The fraction of sp³-hybridized carbons (Fsp3) is 0.222. The van der Waals surface area contributed by atoms with E-state index < -0.39 is 5.91 Å². The van der Waals surface area contributed by atoms with Crippen molar-refractivity contribution < 1.29 is 14.7 Å². The van der Waals surface area contributed by atoms with Gasteiger partial charge in [0.2, 0.25) is 5.91 Å². The molecule has 5 N–H and O–H groups in total. The highest BCUT2D eigenvalue weighted by Gasteiger charge is 2.09. The molecular weight excluding hydrogens is 306 g/mol. The minimum atomic E-state index is -0.540. The van der Waals surface area contributed by atoms with Crippen LogP contribution in [0.25, 0.3) is 0 Å². The van der Waals surface area contributed by atoms with Gasteiger partial charge in [0.25, 0.3) is 0 Å². The van der Waals surface area contributed by atoms with Crippen LogP contribution in [0.2, 0.25) is 0 Å². The van der Waals surface area contributed by atoms with E-state index in [9.17, 15) is 14.7 Å². The van der Waals surface area contributed by atoms with Crippen LogP contribution in [-0.2, 0) is 6.42 Å². The molecular formula is C18H21N3O3. The number of primary amides is 1. The Morgan fingerprint density at radius 2 is 1.88 bits per heavy atom. The number of anilines is 1. The van der Waals surface area contributed by atoms with Crippen molar-refractivity contribution in [3.8, 4) is 5.75 Å². The second-order valence-electron chi connectivity index (χ2n) is 5.65. The molecule has 0 aromatic heterocycles. The number of aromatic hydroxyl groups is 1. The van der Waals surface area contributed by atoms with Crippen LogP contribution in [0, 0.1) is 0 Å². The van der Waals surface area contributed by atoms with Crippen LogP contribution < -0.4 is 16.4 Å². The number of aryl methyl sites for hydroxylation is 1. The lowest BCUT2D eigenvalue weighted by molar-refractivity contribution is 0.1000. The molecule has 0 aliphatic carbocycles. The zero-order chi connectivity index (χ0) is 17.5. The molecule has 0 aliphatic heterocycles. The van der Waals surface area contributed by atoms with E-state index in [0.717, 1.165) is 18.4 Å². The number of rotatable bonds is 6. The Kier molecular flexibility index (Phi) is 5.78. The Hall–Kier alpha value is -3.02. The molecule has 0 saturated carbocycles. The summed E-state index contributed by atoms with van der Waals surface area (Å²) < 4.78 is 0. The van der Waals surface area contributed by atoms with Crippen LogP contribution in [0.4, 0.5) is 10.5 Å². The van der Waals surface area contributed by atoms with Gasteiger partial charge in [-0.3, -0.25) is 4.79 Å². The Bertz CT molecular complexity index is 714. The minimum absolute atomic E-state index is 0.0295. The number of hydrogen-bond donors (Lipinski definition) is 4. The molecule has 0 bridgehead atoms. The van der Waals surface area contributed by atoms with E-state index in [1.165, 1.54) is 6.07 Å². The van der Waals surface area contributed by atoms with Crippen molar-refractivity contribution in [1.29, 1.82) is 0 Å². The Morgan fingerprint density at radius 1 is 1.17 bits per heavy atom. The van der Waals surface area contributed by atoms with Crippen LogP contribution in [0.5, 0.6) is 5.75 Å². The average Bonchev–Trinajstić information content (AvgIpc) is 2.54. The van der Waals surface area contributed by atoms with Gasteiger partial charge in [0, 0.05) is 17.3 Å². The van der Waals surface area contributed by atoms with E-state index in [2.05, 4.69) is 10.6 Å². The van der Waals surface area contributed by atoms with Crippen LogP contribution in [-0.4, -0.2) is 23.1 Å². The van der Waals surface area contributed by atoms with E-state index in [1.807, 2.05) is 19.1 Å². The number of phenols is 1. The highest BCUT2D eigenvalue weighted by molar-refractivity contribution is 5.95. The molecule has 0 aliphatic rings. The first-order valence-electron chi connectivity index (χ1n) is 7.69. The fourth-order valence-electron chi connectivity index (χ4n) is 2.26. The molecule has 1 unspecified atom stereocenters. The van der Waals surface area contributed by atoms with Gasteiger partial charge in [0.15, 0.2) is 0 Å². The van der Waals surface area contributed by atoms with Crippen molar-refractivity contribution in [2.45, 2.75) is 25.8 Å². The van der Waals surface area contributed by atoms with E-state index in [4.69, 9.17) is 5.73 Å². The number of nitrogens with two attached hydrogens (primary N) is 1. The van der Waals surface area contributed by atoms with Gasteiger partial charge in [-0.25, -0.2) is 4.79 Å². The summed E-state index contributed by atoms with van der Waals surface area (Å²) in [5, 5.41) is 14.8. The summed E-state index contributed by atoms with van der Waals surface area (Å²) in [6.45, 7) is 1.92. The maximum absolute atomic E-state index is 12.0. The summed E-state index contributed by atoms with van der Waals surface area (Å²) >= 11 is 0. The van der Waals surface area contributed by atoms with Crippen LogP contribution >= 0.6 is 0 Å². The summed E-state index contributed by atoms with van der Waals surface area (Å²) in [5.41, 5.74) is 7.16. The van der Waals surface area contributed by atoms with Gasteiger partial charge in [-0.15, -0.1) is 0 Å². The summed E-state index contributed by atoms with van der Waals surface area (Å²) in [6.07, 6.45) is 1.55. The molecule has 6 heteroatoms. The van der Waals surface area contributed by atoms with E-state index in [-0.39, 0.29) is 17.8 Å².